The number of H-pyrrole nitrogens is 1. The first-order chi connectivity index (χ1) is 22.3. The van der Waals surface area contributed by atoms with Crippen LogP contribution >= 0.6 is 0 Å². The van der Waals surface area contributed by atoms with Crippen molar-refractivity contribution in [2.75, 3.05) is 6.61 Å². The molecular weight excluding hydrogens is 595 g/mol. The number of hydrogen-bond acceptors (Lipinski definition) is 5. The first-order valence-corrected chi connectivity index (χ1v) is 14.8. The number of ether oxygens (including phenoxy) is 1. The van der Waals surface area contributed by atoms with Crippen molar-refractivity contribution in [1.82, 2.24) is 9.99 Å². The number of nitrogens with one attached hydrogen (secondary N) is 1. The Morgan fingerprint density at radius 1 is 0.891 bits per heavy atom. The van der Waals surface area contributed by atoms with Gasteiger partial charge in [-0.2, -0.15) is 5.10 Å². The van der Waals surface area contributed by atoms with Crippen LogP contribution in [-0.2, 0) is 9.53 Å². The van der Waals surface area contributed by atoms with E-state index in [9.17, 15) is 27.6 Å². The Balaban J connectivity index is 1.20. The molecule has 10 heteroatoms. The van der Waals surface area contributed by atoms with Crippen molar-refractivity contribution in [2.45, 2.75) is 25.3 Å². The van der Waals surface area contributed by atoms with Crippen molar-refractivity contribution in [3.63, 3.8) is 0 Å². The van der Waals surface area contributed by atoms with Gasteiger partial charge in [0.05, 0.1) is 28.4 Å². The largest absolute Gasteiger partial charge is 0.452 e. The maximum Gasteiger partial charge on any atom is 0.340 e. The van der Waals surface area contributed by atoms with Gasteiger partial charge in [0.15, 0.2) is 12.0 Å². The molecule has 1 amide bonds. The number of para-hydroxylation sites is 2. The Hall–Kier alpha value is -5.51. The highest BCUT2D eigenvalue weighted by Crippen LogP contribution is 2.44. The molecule has 2 unspecified atom stereocenters. The van der Waals surface area contributed by atoms with E-state index < -0.39 is 41.6 Å². The number of aromatic nitrogens is 1. The molecule has 0 radical (unpaired) electrons. The molecule has 46 heavy (non-hydrogen) atoms. The number of carbonyl (C=O) groups is 2. The summed E-state index contributed by atoms with van der Waals surface area (Å²) in [7, 11) is 0. The molecule has 7 nitrogen and oxygen atoms in total. The molecule has 2 aliphatic rings. The third-order valence-electron chi connectivity index (χ3n) is 8.54. The molecule has 1 N–H and O–H groups in total. The second-order valence-electron chi connectivity index (χ2n) is 11.4. The summed E-state index contributed by atoms with van der Waals surface area (Å²) in [6.07, 6.45) is 4.17. The van der Waals surface area contributed by atoms with Gasteiger partial charge in [0, 0.05) is 16.7 Å². The van der Waals surface area contributed by atoms with E-state index in [1.807, 2.05) is 6.08 Å². The minimum Gasteiger partial charge on any atom is -0.452 e. The third kappa shape index (κ3) is 5.25. The first kappa shape index (κ1) is 29.2. The molecule has 0 bridgehead atoms. The van der Waals surface area contributed by atoms with Gasteiger partial charge in [-0.3, -0.25) is 9.59 Å². The lowest BCUT2D eigenvalue weighted by molar-refractivity contribution is -0.137. The van der Waals surface area contributed by atoms with E-state index in [1.54, 1.807) is 24.3 Å². The summed E-state index contributed by atoms with van der Waals surface area (Å²) in [6.45, 7) is -0.667. The van der Waals surface area contributed by atoms with Crippen LogP contribution in [0.5, 0.6) is 0 Å². The minimum absolute atomic E-state index is 0.0337. The number of rotatable bonds is 5. The number of halogens is 3. The number of esters is 1. The summed E-state index contributed by atoms with van der Waals surface area (Å²) in [5.74, 6) is -3.10. The Morgan fingerprint density at radius 3 is 2.30 bits per heavy atom. The Bertz CT molecular complexity index is 2140. The molecule has 0 spiro atoms. The standard InChI is InChI=1S/C36H26F3N3O4/c37-23-14-10-20(11-15-23)18-22-4-1-5-25-31(22)41-42(34(25)21-12-16-24(38)17-13-21)30(43)19-46-36(45)28-8-2-6-26-32(28)40-33-27(35(26)44)7-3-9-29(33)39/h2-3,6-18,25,34H,1,4-5,19H2,(H,40,44)/b22-18-. The summed E-state index contributed by atoms with van der Waals surface area (Å²) in [5.41, 5.74) is 2.63. The summed E-state index contributed by atoms with van der Waals surface area (Å²) < 4.78 is 47.4. The number of hydrogen-bond donors (Lipinski definition) is 1. The van der Waals surface area contributed by atoms with Gasteiger partial charge in [-0.1, -0.05) is 36.4 Å². The Kier molecular flexibility index (Phi) is 7.48. The van der Waals surface area contributed by atoms with E-state index in [0.717, 1.165) is 24.0 Å². The fourth-order valence-corrected chi connectivity index (χ4v) is 6.39. The van der Waals surface area contributed by atoms with Gasteiger partial charge in [0.1, 0.15) is 17.5 Å². The summed E-state index contributed by atoms with van der Waals surface area (Å²) in [4.78, 5) is 42.9. The molecule has 1 fully saturated rings. The zero-order chi connectivity index (χ0) is 31.9. The van der Waals surface area contributed by atoms with Gasteiger partial charge in [-0.25, -0.2) is 23.0 Å². The summed E-state index contributed by atoms with van der Waals surface area (Å²) in [5, 5.41) is 6.33. The highest BCUT2D eigenvalue weighted by Gasteiger charge is 2.44. The van der Waals surface area contributed by atoms with Crippen LogP contribution in [0.3, 0.4) is 0 Å². The third-order valence-corrected chi connectivity index (χ3v) is 8.54. The lowest BCUT2D eigenvalue weighted by atomic mass is 9.77. The molecule has 7 rings (SSSR count). The van der Waals surface area contributed by atoms with Gasteiger partial charge in [0.25, 0.3) is 5.91 Å². The number of aromatic amines is 1. The number of carbonyl (C=O) groups excluding carboxylic acids is 2. The second-order valence-corrected chi connectivity index (χ2v) is 11.4. The zero-order valence-corrected chi connectivity index (χ0v) is 24.3. The monoisotopic (exact) mass is 621 g/mol. The maximum absolute atomic E-state index is 14.6. The predicted octanol–water partition coefficient (Wildman–Crippen LogP) is 7.08. The quantitative estimate of drug-likeness (QED) is 0.168. The number of fused-ring (bicyclic) bond motifs is 3. The number of amides is 1. The maximum atomic E-state index is 14.6. The van der Waals surface area contributed by atoms with Crippen LogP contribution in [0.25, 0.3) is 27.9 Å². The number of allylic oxidation sites excluding steroid dienone is 1. The normalized spacial score (nSPS) is 18.5. The molecule has 5 aromatic rings. The van der Waals surface area contributed by atoms with E-state index in [-0.39, 0.29) is 39.1 Å². The topological polar surface area (TPSA) is 91.8 Å². The SMILES string of the molecule is O=C(OCC(=O)N1N=C2/C(=C\c3ccc(F)cc3)CCCC2C1c1ccc(F)cc1)c1cccc2c(=O)c3cccc(F)c3[nH]c12. The van der Waals surface area contributed by atoms with Crippen molar-refractivity contribution in [3.8, 4) is 0 Å². The van der Waals surface area contributed by atoms with Crippen LogP contribution in [0, 0.1) is 23.4 Å². The molecule has 2 atom stereocenters. The van der Waals surface area contributed by atoms with Crippen molar-refractivity contribution in [1.29, 1.82) is 0 Å². The van der Waals surface area contributed by atoms with Crippen molar-refractivity contribution in [3.05, 3.63) is 135 Å². The van der Waals surface area contributed by atoms with Crippen LogP contribution in [0.1, 0.15) is 46.8 Å². The molecule has 0 saturated heterocycles. The van der Waals surface area contributed by atoms with Gasteiger partial charge < -0.3 is 9.72 Å². The fourth-order valence-electron chi connectivity index (χ4n) is 6.39. The molecule has 1 aliphatic heterocycles. The van der Waals surface area contributed by atoms with E-state index in [2.05, 4.69) is 4.98 Å². The van der Waals surface area contributed by atoms with Crippen LogP contribution in [0.15, 0.2) is 100 Å². The van der Waals surface area contributed by atoms with Crippen LogP contribution in [0.4, 0.5) is 13.2 Å². The predicted molar refractivity (Wildman–Crippen MR) is 167 cm³/mol. The average molecular weight is 622 g/mol. The van der Waals surface area contributed by atoms with Crippen LogP contribution < -0.4 is 5.43 Å². The molecule has 4 aromatic carbocycles. The highest BCUT2D eigenvalue weighted by atomic mass is 19.1. The van der Waals surface area contributed by atoms with Gasteiger partial charge in [-0.05, 0) is 90.6 Å². The van der Waals surface area contributed by atoms with Crippen molar-refractivity contribution < 1.29 is 27.5 Å². The molecule has 1 aliphatic carbocycles. The molecule has 2 heterocycles. The van der Waals surface area contributed by atoms with E-state index in [4.69, 9.17) is 9.84 Å². The molecule has 230 valence electrons. The number of hydrazone groups is 1. The Labute approximate surface area is 260 Å². The number of nitrogens with zero attached hydrogens (tertiary/aromatic N) is 2. The average Bonchev–Trinajstić information content (AvgIpc) is 3.46. The zero-order valence-electron chi connectivity index (χ0n) is 24.3. The molecule has 1 saturated carbocycles. The number of pyridine rings is 1. The summed E-state index contributed by atoms with van der Waals surface area (Å²) >= 11 is 0. The van der Waals surface area contributed by atoms with Crippen LogP contribution in [-0.4, -0.2) is 34.2 Å². The van der Waals surface area contributed by atoms with Crippen molar-refractivity contribution in [2.24, 2.45) is 11.0 Å². The Morgan fingerprint density at radius 2 is 1.57 bits per heavy atom. The van der Waals surface area contributed by atoms with Gasteiger partial charge >= 0.3 is 5.97 Å². The minimum atomic E-state index is -0.884. The molecular formula is C36H26F3N3O4. The first-order valence-electron chi connectivity index (χ1n) is 14.8. The smallest absolute Gasteiger partial charge is 0.340 e. The van der Waals surface area contributed by atoms with Crippen molar-refractivity contribution >= 4 is 45.5 Å². The molecule has 1 aromatic heterocycles. The fraction of sp³-hybridized carbons (Fsp3) is 0.167. The van der Waals surface area contributed by atoms with E-state index in [1.165, 1.54) is 65.7 Å². The summed E-state index contributed by atoms with van der Waals surface area (Å²) in [6, 6.07) is 20.0. The van der Waals surface area contributed by atoms with Gasteiger partial charge in [0.2, 0.25) is 0 Å². The lowest BCUT2D eigenvalue weighted by Gasteiger charge is -2.29. The van der Waals surface area contributed by atoms with Gasteiger partial charge in [-0.15, -0.1) is 0 Å². The second kappa shape index (κ2) is 11.8. The lowest BCUT2D eigenvalue weighted by Crippen LogP contribution is -2.34. The number of benzene rings is 4. The van der Waals surface area contributed by atoms with E-state index >= 15 is 0 Å². The van der Waals surface area contributed by atoms with E-state index in [0.29, 0.717) is 17.7 Å². The highest BCUT2D eigenvalue weighted by molar-refractivity contribution is 6.09. The van der Waals surface area contributed by atoms with Crippen LogP contribution in [0.2, 0.25) is 0 Å².